The van der Waals surface area contributed by atoms with Crippen molar-refractivity contribution in [3.8, 4) is 0 Å². The number of aliphatic hydroxyl groups is 1. The number of hydrogen-bond acceptors (Lipinski definition) is 4. The third-order valence-corrected chi connectivity index (χ3v) is 5.56. The first-order chi connectivity index (χ1) is 9.26. The summed E-state index contributed by atoms with van der Waals surface area (Å²) in [5.74, 6) is 0. The molecule has 4 unspecified atom stereocenters. The van der Waals surface area contributed by atoms with Crippen molar-refractivity contribution in [1.82, 2.24) is 10.2 Å². The van der Waals surface area contributed by atoms with Crippen molar-refractivity contribution in [2.75, 3.05) is 19.7 Å². The molecule has 0 radical (unpaired) electrons. The van der Waals surface area contributed by atoms with Crippen LogP contribution in [0.2, 0.25) is 0 Å². The molecule has 2 saturated heterocycles. The summed E-state index contributed by atoms with van der Waals surface area (Å²) in [5, 5.41) is 13.5. The van der Waals surface area contributed by atoms with Crippen LogP contribution in [0.3, 0.4) is 0 Å². The van der Waals surface area contributed by atoms with E-state index >= 15 is 0 Å². The van der Waals surface area contributed by atoms with Crippen LogP contribution in [0, 0.1) is 0 Å². The highest BCUT2D eigenvalue weighted by Crippen LogP contribution is 2.38. The molecular formula is C15H26N2O2. The molecule has 0 aromatic rings. The Bertz CT molecular complexity index is 335. The molecule has 2 aliphatic carbocycles. The number of fused-ring (bicyclic) bond motifs is 2. The van der Waals surface area contributed by atoms with Crippen molar-refractivity contribution in [3.63, 3.8) is 0 Å². The van der Waals surface area contributed by atoms with E-state index in [1.54, 1.807) is 0 Å². The molecule has 4 atom stereocenters. The molecule has 2 saturated carbocycles. The summed E-state index contributed by atoms with van der Waals surface area (Å²) in [6, 6.07) is 1.34. The normalized spacial score (nSPS) is 46.9. The van der Waals surface area contributed by atoms with E-state index in [2.05, 4.69) is 10.2 Å². The molecule has 0 aromatic carbocycles. The van der Waals surface area contributed by atoms with E-state index in [1.807, 2.05) is 0 Å². The zero-order chi connectivity index (χ0) is 12.9. The van der Waals surface area contributed by atoms with Gasteiger partial charge in [0.25, 0.3) is 0 Å². The molecule has 4 rings (SSSR count). The lowest BCUT2D eigenvalue weighted by Gasteiger charge is -2.37. The molecule has 19 heavy (non-hydrogen) atoms. The summed E-state index contributed by atoms with van der Waals surface area (Å²) in [6.07, 6.45) is 9.57. The van der Waals surface area contributed by atoms with E-state index in [0.717, 1.165) is 25.9 Å². The average molecular weight is 266 g/mol. The predicted octanol–water partition coefficient (Wildman–Crippen LogP) is 0.885. The second kappa shape index (κ2) is 4.69. The molecule has 2 bridgehead atoms. The minimum atomic E-state index is 0.0170. The second-order valence-electron chi connectivity index (χ2n) is 7.17. The van der Waals surface area contributed by atoms with Crippen molar-refractivity contribution in [3.05, 3.63) is 0 Å². The molecule has 0 amide bonds. The number of ether oxygens (including phenoxy) is 1. The second-order valence-corrected chi connectivity index (χ2v) is 7.17. The number of aliphatic hydroxyl groups excluding tert-OH is 1. The maximum atomic E-state index is 9.82. The van der Waals surface area contributed by atoms with E-state index in [4.69, 9.17) is 4.74 Å². The van der Waals surface area contributed by atoms with Crippen LogP contribution >= 0.6 is 0 Å². The van der Waals surface area contributed by atoms with Gasteiger partial charge < -0.3 is 15.2 Å². The molecule has 108 valence electrons. The van der Waals surface area contributed by atoms with Crippen LogP contribution in [0.1, 0.15) is 44.9 Å². The fourth-order valence-electron chi connectivity index (χ4n) is 4.34. The largest absolute Gasteiger partial charge is 0.394 e. The molecule has 4 heteroatoms. The lowest BCUT2D eigenvalue weighted by atomic mass is 9.98. The maximum absolute atomic E-state index is 9.82. The van der Waals surface area contributed by atoms with Crippen molar-refractivity contribution in [2.24, 2.45) is 0 Å². The van der Waals surface area contributed by atoms with Crippen LogP contribution in [0.5, 0.6) is 0 Å². The summed E-state index contributed by atoms with van der Waals surface area (Å²) >= 11 is 0. The van der Waals surface area contributed by atoms with Crippen LogP contribution in [-0.2, 0) is 4.74 Å². The van der Waals surface area contributed by atoms with Crippen molar-refractivity contribution in [1.29, 1.82) is 0 Å². The molecule has 4 fully saturated rings. The SMILES string of the molecule is OCC1(NC2CC2)CCC(N2CC3CCC(C2)O3)C1. The van der Waals surface area contributed by atoms with Crippen LogP contribution < -0.4 is 5.32 Å². The van der Waals surface area contributed by atoms with Gasteiger partial charge in [-0.2, -0.15) is 0 Å². The van der Waals surface area contributed by atoms with E-state index in [1.165, 1.54) is 32.1 Å². The lowest BCUT2D eigenvalue weighted by molar-refractivity contribution is -0.0530. The van der Waals surface area contributed by atoms with Gasteiger partial charge in [-0.1, -0.05) is 0 Å². The molecule has 0 spiro atoms. The Morgan fingerprint density at radius 3 is 2.47 bits per heavy atom. The molecular weight excluding hydrogens is 240 g/mol. The Labute approximate surface area is 115 Å². The first-order valence-electron chi connectivity index (χ1n) is 8.04. The van der Waals surface area contributed by atoms with Crippen LogP contribution in [0.4, 0.5) is 0 Å². The average Bonchev–Trinajstić information content (AvgIpc) is 3.03. The molecule has 2 heterocycles. The smallest absolute Gasteiger partial charge is 0.0707 e. The Balaban J connectivity index is 1.40. The summed E-state index contributed by atoms with van der Waals surface area (Å²) in [6.45, 7) is 2.54. The highest BCUT2D eigenvalue weighted by Gasteiger charge is 2.46. The topological polar surface area (TPSA) is 44.7 Å². The zero-order valence-electron chi connectivity index (χ0n) is 11.7. The van der Waals surface area contributed by atoms with Gasteiger partial charge in [0.15, 0.2) is 0 Å². The third-order valence-electron chi connectivity index (χ3n) is 5.56. The summed E-state index contributed by atoms with van der Waals surface area (Å²) in [7, 11) is 0. The van der Waals surface area contributed by atoms with E-state index in [9.17, 15) is 5.11 Å². The Morgan fingerprint density at radius 1 is 1.11 bits per heavy atom. The highest BCUT2D eigenvalue weighted by atomic mass is 16.5. The Morgan fingerprint density at radius 2 is 1.84 bits per heavy atom. The first-order valence-corrected chi connectivity index (χ1v) is 8.04. The molecule has 2 N–H and O–H groups in total. The summed E-state index contributed by atoms with van der Waals surface area (Å²) in [5.41, 5.74) is 0.0170. The number of hydrogen-bond donors (Lipinski definition) is 2. The van der Waals surface area contributed by atoms with Crippen LogP contribution in [0.25, 0.3) is 0 Å². The molecule has 4 nitrogen and oxygen atoms in total. The van der Waals surface area contributed by atoms with Crippen LogP contribution in [0.15, 0.2) is 0 Å². The fraction of sp³-hybridized carbons (Fsp3) is 1.00. The molecule has 4 aliphatic rings. The highest BCUT2D eigenvalue weighted by molar-refractivity contribution is 5.04. The zero-order valence-corrected chi connectivity index (χ0v) is 11.7. The molecule has 0 aromatic heterocycles. The lowest BCUT2D eigenvalue weighted by Crippen LogP contribution is -2.51. The summed E-state index contributed by atoms with van der Waals surface area (Å²) in [4.78, 5) is 2.65. The van der Waals surface area contributed by atoms with E-state index < -0.39 is 0 Å². The number of likely N-dealkylation sites (tertiary alicyclic amines) is 1. The van der Waals surface area contributed by atoms with Gasteiger partial charge in [0.2, 0.25) is 0 Å². The number of nitrogens with one attached hydrogen (secondary N) is 1. The van der Waals surface area contributed by atoms with Gasteiger partial charge in [-0.15, -0.1) is 0 Å². The van der Waals surface area contributed by atoms with Gasteiger partial charge in [0, 0.05) is 30.7 Å². The quantitative estimate of drug-likeness (QED) is 0.793. The number of morpholine rings is 1. The van der Waals surface area contributed by atoms with Gasteiger partial charge in [0.1, 0.15) is 0 Å². The van der Waals surface area contributed by atoms with Gasteiger partial charge in [-0.05, 0) is 44.9 Å². The van der Waals surface area contributed by atoms with Gasteiger partial charge >= 0.3 is 0 Å². The first kappa shape index (κ1) is 12.6. The van der Waals surface area contributed by atoms with Crippen molar-refractivity contribution < 1.29 is 9.84 Å². The van der Waals surface area contributed by atoms with Gasteiger partial charge in [-0.25, -0.2) is 0 Å². The maximum Gasteiger partial charge on any atom is 0.0707 e. The Hall–Kier alpha value is -0.160. The predicted molar refractivity (Wildman–Crippen MR) is 73.1 cm³/mol. The van der Waals surface area contributed by atoms with Gasteiger partial charge in [-0.3, -0.25) is 4.90 Å². The third kappa shape index (κ3) is 2.44. The summed E-state index contributed by atoms with van der Waals surface area (Å²) < 4.78 is 5.93. The molecule has 2 aliphatic heterocycles. The monoisotopic (exact) mass is 266 g/mol. The van der Waals surface area contributed by atoms with Gasteiger partial charge in [0.05, 0.1) is 18.8 Å². The van der Waals surface area contributed by atoms with Crippen molar-refractivity contribution in [2.45, 2.75) is 74.8 Å². The standard InChI is InChI=1S/C15H26N2O2/c18-10-15(16-11-1-2-11)6-5-12(7-15)17-8-13-3-4-14(9-17)19-13/h11-14,16,18H,1-10H2. The van der Waals surface area contributed by atoms with Crippen molar-refractivity contribution >= 4 is 0 Å². The number of rotatable bonds is 4. The number of nitrogens with zero attached hydrogens (tertiary/aromatic N) is 1. The van der Waals surface area contributed by atoms with E-state index in [-0.39, 0.29) is 5.54 Å². The minimum absolute atomic E-state index is 0.0170. The van der Waals surface area contributed by atoms with E-state index in [0.29, 0.717) is 30.9 Å². The fourth-order valence-corrected chi connectivity index (χ4v) is 4.34. The Kier molecular flexibility index (Phi) is 3.10. The van der Waals surface area contributed by atoms with Crippen LogP contribution in [-0.4, -0.2) is 59.5 Å². The minimum Gasteiger partial charge on any atom is -0.394 e.